The fourth-order valence-electron chi connectivity index (χ4n) is 5.60. The fourth-order valence-corrected chi connectivity index (χ4v) is 5.60. The first-order valence-corrected chi connectivity index (χ1v) is 13.3. The van der Waals surface area contributed by atoms with E-state index in [1.165, 1.54) is 0 Å². The fraction of sp³-hybridized carbons (Fsp3) is 0.419. The van der Waals surface area contributed by atoms with Crippen molar-refractivity contribution < 1.29 is 29.0 Å². The maximum atomic E-state index is 13.0. The lowest BCUT2D eigenvalue weighted by Crippen LogP contribution is -2.56. The monoisotopic (exact) mass is 532 g/mol. The van der Waals surface area contributed by atoms with Gasteiger partial charge in [0.05, 0.1) is 5.57 Å². The highest BCUT2D eigenvalue weighted by Gasteiger charge is 2.44. The zero-order valence-electron chi connectivity index (χ0n) is 22.7. The van der Waals surface area contributed by atoms with Gasteiger partial charge in [-0.3, -0.25) is 9.59 Å². The van der Waals surface area contributed by atoms with Crippen LogP contribution in [0.2, 0.25) is 0 Å². The number of benzene rings is 2. The van der Waals surface area contributed by atoms with Gasteiger partial charge in [-0.2, -0.15) is 0 Å². The molecule has 0 unspecified atom stereocenters. The summed E-state index contributed by atoms with van der Waals surface area (Å²) in [7, 11) is 0. The number of carbonyl (C=O) groups excluding carboxylic acids is 3. The lowest BCUT2D eigenvalue weighted by Gasteiger charge is -2.29. The Morgan fingerprint density at radius 1 is 1.00 bits per heavy atom. The molecule has 0 heterocycles. The molecule has 39 heavy (non-hydrogen) atoms. The van der Waals surface area contributed by atoms with Crippen LogP contribution in [0, 0.1) is 5.41 Å². The number of Topliss-reactive ketones (excluding diaryl/α,β-unsaturated/α-hetero) is 2. The van der Waals surface area contributed by atoms with Gasteiger partial charge in [0, 0.05) is 31.0 Å². The molecule has 1 atom stereocenters. The van der Waals surface area contributed by atoms with Gasteiger partial charge in [-0.05, 0) is 53.9 Å². The van der Waals surface area contributed by atoms with Gasteiger partial charge >= 0.3 is 11.9 Å². The van der Waals surface area contributed by atoms with Gasteiger partial charge in [-0.15, -0.1) is 0 Å². The summed E-state index contributed by atoms with van der Waals surface area (Å²) in [5.74, 6) is -2.93. The number of ketones is 2. The van der Waals surface area contributed by atoms with E-state index in [0.717, 1.165) is 22.3 Å². The molecule has 0 aliphatic heterocycles. The number of allylic oxidation sites excluding steroid dienone is 2. The van der Waals surface area contributed by atoms with Crippen LogP contribution in [-0.2, 0) is 23.9 Å². The SMILES string of the molecule is CC(NCCCC[C@](N)(C(=O)O)C(=O)OCC1c2ccccc2-c2ccccc21)=C1C(=O)CC(C)(C)CC1=O. The van der Waals surface area contributed by atoms with E-state index in [2.05, 4.69) is 5.32 Å². The number of nitrogens with two attached hydrogens (primary N) is 1. The third-order valence-corrected chi connectivity index (χ3v) is 7.69. The molecule has 0 saturated heterocycles. The highest BCUT2D eigenvalue weighted by molar-refractivity contribution is 6.22. The molecule has 8 heteroatoms. The molecule has 0 aromatic heterocycles. The summed E-state index contributed by atoms with van der Waals surface area (Å²) >= 11 is 0. The molecular formula is C31H36N2O6. The van der Waals surface area contributed by atoms with Crippen molar-refractivity contribution in [2.45, 2.75) is 64.3 Å². The Morgan fingerprint density at radius 2 is 1.54 bits per heavy atom. The number of aliphatic carboxylic acids is 1. The van der Waals surface area contributed by atoms with Crippen LogP contribution in [0.3, 0.4) is 0 Å². The number of nitrogens with one attached hydrogen (secondary N) is 1. The molecule has 2 aromatic carbocycles. The average molecular weight is 533 g/mol. The Morgan fingerprint density at radius 3 is 2.08 bits per heavy atom. The number of esters is 1. The first-order chi connectivity index (χ1) is 18.4. The molecule has 206 valence electrons. The molecule has 2 aliphatic rings. The molecular weight excluding hydrogens is 496 g/mol. The Labute approximate surface area is 228 Å². The number of carboxylic acid groups (broad SMARTS) is 1. The number of unbranched alkanes of at least 4 members (excludes halogenated alkanes) is 1. The van der Waals surface area contributed by atoms with Crippen molar-refractivity contribution in [2.75, 3.05) is 13.2 Å². The second-order valence-corrected chi connectivity index (χ2v) is 11.4. The molecule has 1 saturated carbocycles. The van der Waals surface area contributed by atoms with Crippen LogP contribution < -0.4 is 11.1 Å². The zero-order valence-corrected chi connectivity index (χ0v) is 22.7. The standard InChI is InChI=1S/C31H36N2O6/c1-19(27-25(34)16-30(2,3)17-26(27)35)33-15-9-8-14-31(32,28(36)37)29(38)39-18-24-22-12-6-4-10-20(22)21-11-5-7-13-23(21)24/h4-7,10-13,24,33H,8-9,14-18,32H2,1-3H3,(H,36,37)/t31-/m0/s1. The van der Waals surface area contributed by atoms with Crippen LogP contribution in [0.15, 0.2) is 59.8 Å². The van der Waals surface area contributed by atoms with Crippen molar-refractivity contribution >= 4 is 23.5 Å². The maximum Gasteiger partial charge on any atom is 0.337 e. The normalized spacial score (nSPS) is 17.7. The topological polar surface area (TPSA) is 136 Å². The smallest absolute Gasteiger partial charge is 0.337 e. The van der Waals surface area contributed by atoms with Gasteiger partial charge < -0.3 is 20.9 Å². The van der Waals surface area contributed by atoms with Gasteiger partial charge in [0.15, 0.2) is 11.6 Å². The van der Waals surface area contributed by atoms with Crippen LogP contribution in [0.1, 0.15) is 69.9 Å². The minimum absolute atomic E-state index is 0.00766. The number of rotatable bonds is 10. The van der Waals surface area contributed by atoms with Crippen molar-refractivity contribution in [3.8, 4) is 11.1 Å². The summed E-state index contributed by atoms with van der Waals surface area (Å²) in [6.07, 6.45) is 1.35. The van der Waals surface area contributed by atoms with Crippen LogP contribution in [-0.4, -0.2) is 47.3 Å². The van der Waals surface area contributed by atoms with E-state index < -0.39 is 17.5 Å². The second-order valence-electron chi connectivity index (χ2n) is 11.4. The highest BCUT2D eigenvalue weighted by Crippen LogP contribution is 2.44. The molecule has 0 amide bonds. The van der Waals surface area contributed by atoms with Crippen molar-refractivity contribution in [1.82, 2.24) is 5.32 Å². The summed E-state index contributed by atoms with van der Waals surface area (Å²) < 4.78 is 5.54. The Balaban J connectivity index is 1.33. The first kappa shape index (κ1) is 28.2. The molecule has 8 nitrogen and oxygen atoms in total. The largest absolute Gasteiger partial charge is 0.479 e. The lowest BCUT2D eigenvalue weighted by atomic mass is 9.73. The Hall–Kier alpha value is -3.78. The minimum atomic E-state index is -2.17. The van der Waals surface area contributed by atoms with E-state index in [0.29, 0.717) is 37.9 Å². The van der Waals surface area contributed by atoms with Crippen LogP contribution >= 0.6 is 0 Å². The van der Waals surface area contributed by atoms with Gasteiger partial charge in [-0.1, -0.05) is 62.4 Å². The van der Waals surface area contributed by atoms with Crippen LogP contribution in [0.4, 0.5) is 0 Å². The van der Waals surface area contributed by atoms with E-state index in [-0.39, 0.29) is 41.5 Å². The van der Waals surface area contributed by atoms with E-state index in [9.17, 15) is 24.3 Å². The Bertz CT molecular complexity index is 1280. The number of ether oxygens (including phenoxy) is 1. The lowest BCUT2D eigenvalue weighted by molar-refractivity contribution is -0.161. The zero-order chi connectivity index (χ0) is 28.4. The van der Waals surface area contributed by atoms with E-state index in [1.54, 1.807) is 6.92 Å². The molecule has 0 spiro atoms. The molecule has 1 fully saturated rings. The van der Waals surface area contributed by atoms with Gasteiger partial charge in [0.25, 0.3) is 0 Å². The second kappa shape index (κ2) is 11.1. The van der Waals surface area contributed by atoms with Crippen molar-refractivity contribution in [1.29, 1.82) is 0 Å². The number of fused-ring (bicyclic) bond motifs is 3. The highest BCUT2D eigenvalue weighted by atomic mass is 16.5. The van der Waals surface area contributed by atoms with Gasteiger partial charge in [-0.25, -0.2) is 9.59 Å². The van der Waals surface area contributed by atoms with E-state index in [4.69, 9.17) is 10.5 Å². The molecule has 2 aliphatic carbocycles. The third kappa shape index (κ3) is 5.81. The van der Waals surface area contributed by atoms with E-state index >= 15 is 0 Å². The number of carbonyl (C=O) groups is 4. The predicted octanol–water partition coefficient (Wildman–Crippen LogP) is 4.12. The number of carboxylic acids is 1. The quantitative estimate of drug-likeness (QED) is 0.137. The van der Waals surface area contributed by atoms with Gasteiger partial charge in [0.2, 0.25) is 5.54 Å². The van der Waals surface area contributed by atoms with Crippen molar-refractivity contribution in [3.63, 3.8) is 0 Å². The Kier molecular flexibility index (Phi) is 8.07. The number of hydrogen-bond donors (Lipinski definition) is 3. The minimum Gasteiger partial charge on any atom is -0.479 e. The molecule has 4 rings (SSSR count). The molecule has 2 aromatic rings. The molecule has 0 radical (unpaired) electrons. The first-order valence-electron chi connectivity index (χ1n) is 13.3. The summed E-state index contributed by atoms with van der Waals surface area (Å²) in [6.45, 7) is 5.90. The summed E-state index contributed by atoms with van der Waals surface area (Å²) in [5, 5.41) is 12.9. The van der Waals surface area contributed by atoms with Gasteiger partial charge in [0.1, 0.15) is 6.61 Å². The average Bonchev–Trinajstić information content (AvgIpc) is 3.19. The molecule has 4 N–H and O–H groups in total. The van der Waals surface area contributed by atoms with E-state index in [1.807, 2.05) is 62.4 Å². The van der Waals surface area contributed by atoms with Crippen LogP contribution in [0.5, 0.6) is 0 Å². The summed E-state index contributed by atoms with van der Waals surface area (Å²) in [4.78, 5) is 49.9. The summed E-state index contributed by atoms with van der Waals surface area (Å²) in [5.41, 5.74) is 8.51. The van der Waals surface area contributed by atoms with Crippen molar-refractivity contribution in [2.24, 2.45) is 11.1 Å². The third-order valence-electron chi connectivity index (χ3n) is 7.69. The molecule has 0 bridgehead atoms. The number of hydrogen-bond acceptors (Lipinski definition) is 7. The maximum absolute atomic E-state index is 13.0. The predicted molar refractivity (Wildman–Crippen MR) is 147 cm³/mol. The van der Waals surface area contributed by atoms with Crippen LogP contribution in [0.25, 0.3) is 11.1 Å². The van der Waals surface area contributed by atoms with Crippen molar-refractivity contribution in [3.05, 3.63) is 70.9 Å². The summed E-state index contributed by atoms with van der Waals surface area (Å²) in [6, 6.07) is 15.8.